The molecule has 2 amide bonds. The third-order valence-electron chi connectivity index (χ3n) is 3.69. The molecule has 0 bridgehead atoms. The molecule has 1 saturated heterocycles. The lowest BCUT2D eigenvalue weighted by molar-refractivity contribution is -0.121. The summed E-state index contributed by atoms with van der Waals surface area (Å²) >= 11 is 3.40. The largest absolute Gasteiger partial charge is 0.369 e. The van der Waals surface area contributed by atoms with Crippen LogP contribution < -0.4 is 5.73 Å². The first-order chi connectivity index (χ1) is 9.54. The summed E-state index contributed by atoms with van der Waals surface area (Å²) in [5.74, 6) is -0.639. The molecule has 0 spiro atoms. The summed E-state index contributed by atoms with van der Waals surface area (Å²) in [5, 5.41) is 0.988. The highest BCUT2D eigenvalue weighted by molar-refractivity contribution is 9.10. The highest BCUT2D eigenvalue weighted by Gasteiger charge is 2.30. The van der Waals surface area contributed by atoms with E-state index in [4.69, 9.17) is 5.73 Å². The highest BCUT2D eigenvalue weighted by Crippen LogP contribution is 2.23. The number of amides is 2. The maximum absolute atomic E-state index is 12.4. The molecule has 3 N–H and O–H groups in total. The van der Waals surface area contributed by atoms with Gasteiger partial charge in [0.1, 0.15) is 5.69 Å². The zero-order valence-electron chi connectivity index (χ0n) is 10.7. The van der Waals surface area contributed by atoms with Gasteiger partial charge in [0.2, 0.25) is 5.91 Å². The highest BCUT2D eigenvalue weighted by atomic mass is 79.9. The van der Waals surface area contributed by atoms with Crippen LogP contribution in [0.1, 0.15) is 16.9 Å². The van der Waals surface area contributed by atoms with Gasteiger partial charge in [-0.05, 0) is 24.6 Å². The Labute approximate surface area is 124 Å². The third-order valence-corrected chi connectivity index (χ3v) is 4.19. The Bertz CT molecular complexity index is 695. The molecule has 1 atom stereocenters. The molecule has 1 aromatic carbocycles. The Balaban J connectivity index is 1.84. The molecule has 104 valence electrons. The lowest BCUT2D eigenvalue weighted by Gasteiger charge is -2.14. The van der Waals surface area contributed by atoms with Crippen molar-refractivity contribution in [1.29, 1.82) is 0 Å². The van der Waals surface area contributed by atoms with Gasteiger partial charge in [0.25, 0.3) is 5.91 Å². The van der Waals surface area contributed by atoms with E-state index in [0.29, 0.717) is 25.2 Å². The molecule has 5 nitrogen and oxygen atoms in total. The monoisotopic (exact) mass is 335 g/mol. The van der Waals surface area contributed by atoms with Crippen LogP contribution in [-0.2, 0) is 4.79 Å². The van der Waals surface area contributed by atoms with Gasteiger partial charge in [-0.2, -0.15) is 0 Å². The molecule has 0 unspecified atom stereocenters. The SMILES string of the molecule is NC(=O)[C@H]1CCN(C(=O)c2cc3ccc(Br)cc3[nH]2)C1. The van der Waals surface area contributed by atoms with Crippen molar-refractivity contribution in [3.63, 3.8) is 0 Å². The zero-order chi connectivity index (χ0) is 14.3. The number of nitrogens with two attached hydrogens (primary N) is 1. The number of fused-ring (bicyclic) bond motifs is 1. The van der Waals surface area contributed by atoms with E-state index in [1.807, 2.05) is 24.3 Å². The maximum Gasteiger partial charge on any atom is 0.270 e. The van der Waals surface area contributed by atoms with Gasteiger partial charge in [-0.25, -0.2) is 0 Å². The number of nitrogens with zero attached hydrogens (tertiary/aromatic N) is 1. The molecule has 3 rings (SSSR count). The lowest BCUT2D eigenvalue weighted by atomic mass is 10.1. The predicted octanol–water partition coefficient (Wildman–Crippen LogP) is 1.88. The summed E-state index contributed by atoms with van der Waals surface area (Å²) < 4.78 is 0.959. The summed E-state index contributed by atoms with van der Waals surface area (Å²) in [6, 6.07) is 7.65. The molecule has 2 heterocycles. The normalized spacial score (nSPS) is 18.6. The topological polar surface area (TPSA) is 79.2 Å². The fraction of sp³-hybridized carbons (Fsp3) is 0.286. The van der Waals surface area contributed by atoms with Crippen molar-refractivity contribution >= 4 is 38.6 Å². The molecule has 1 aromatic heterocycles. The molecule has 2 aromatic rings. The molecule has 1 aliphatic heterocycles. The van der Waals surface area contributed by atoms with Crippen LogP contribution in [-0.4, -0.2) is 34.8 Å². The van der Waals surface area contributed by atoms with Gasteiger partial charge in [-0.3, -0.25) is 9.59 Å². The molecular weight excluding hydrogens is 322 g/mol. The number of primary amides is 1. The molecule has 20 heavy (non-hydrogen) atoms. The van der Waals surface area contributed by atoms with Crippen LogP contribution in [0, 0.1) is 5.92 Å². The molecule has 0 radical (unpaired) electrons. The number of likely N-dealkylation sites (tertiary alicyclic amines) is 1. The quantitative estimate of drug-likeness (QED) is 0.878. The third kappa shape index (κ3) is 2.31. The van der Waals surface area contributed by atoms with Crippen molar-refractivity contribution in [1.82, 2.24) is 9.88 Å². The van der Waals surface area contributed by atoms with Crippen LogP contribution in [0.25, 0.3) is 10.9 Å². The molecule has 1 fully saturated rings. The predicted molar refractivity (Wildman–Crippen MR) is 79.2 cm³/mol. The summed E-state index contributed by atoms with van der Waals surface area (Å²) in [6.45, 7) is 0.985. The van der Waals surface area contributed by atoms with Crippen LogP contribution >= 0.6 is 15.9 Å². The van der Waals surface area contributed by atoms with Gasteiger partial charge < -0.3 is 15.6 Å². The van der Waals surface area contributed by atoms with Crippen molar-refractivity contribution in [2.45, 2.75) is 6.42 Å². The summed E-state index contributed by atoms with van der Waals surface area (Å²) in [4.78, 5) is 28.4. The van der Waals surface area contributed by atoms with Crippen LogP contribution in [0.2, 0.25) is 0 Å². The van der Waals surface area contributed by atoms with Gasteiger partial charge >= 0.3 is 0 Å². The van der Waals surface area contributed by atoms with Crippen molar-refractivity contribution < 1.29 is 9.59 Å². The fourth-order valence-corrected chi connectivity index (χ4v) is 2.92. The number of hydrogen-bond donors (Lipinski definition) is 2. The number of aromatic amines is 1. The summed E-state index contributed by atoms with van der Waals surface area (Å²) in [5.41, 5.74) is 6.74. The second-order valence-electron chi connectivity index (χ2n) is 5.05. The molecule has 1 aliphatic rings. The van der Waals surface area contributed by atoms with E-state index < -0.39 is 0 Å². The number of nitrogens with one attached hydrogen (secondary N) is 1. The molecule has 0 saturated carbocycles. The van der Waals surface area contributed by atoms with E-state index in [-0.39, 0.29) is 17.7 Å². The number of H-pyrrole nitrogens is 1. The zero-order valence-corrected chi connectivity index (χ0v) is 12.3. The van der Waals surface area contributed by atoms with Crippen molar-refractivity contribution in [2.75, 3.05) is 13.1 Å². The van der Waals surface area contributed by atoms with E-state index in [2.05, 4.69) is 20.9 Å². The number of carbonyl (C=O) groups is 2. The number of carbonyl (C=O) groups excluding carboxylic acids is 2. The van der Waals surface area contributed by atoms with Crippen LogP contribution in [0.3, 0.4) is 0 Å². The standard InChI is InChI=1S/C14H14BrN3O2/c15-10-2-1-8-5-12(17-11(8)6-10)14(20)18-4-3-9(7-18)13(16)19/h1-2,5-6,9,17H,3-4,7H2,(H2,16,19)/t9-/m0/s1. The minimum absolute atomic E-state index is 0.0823. The summed E-state index contributed by atoms with van der Waals surface area (Å²) in [6.07, 6.45) is 0.646. The van der Waals surface area contributed by atoms with Crippen molar-refractivity contribution in [3.8, 4) is 0 Å². The van der Waals surface area contributed by atoms with Crippen LogP contribution in [0.5, 0.6) is 0 Å². The second kappa shape index (κ2) is 4.94. The van der Waals surface area contributed by atoms with E-state index in [0.717, 1.165) is 15.4 Å². The number of aromatic nitrogens is 1. The van der Waals surface area contributed by atoms with Crippen molar-refractivity contribution in [2.24, 2.45) is 11.7 Å². The Hall–Kier alpha value is -1.82. The van der Waals surface area contributed by atoms with Gasteiger partial charge in [0, 0.05) is 28.5 Å². The van der Waals surface area contributed by atoms with Gasteiger partial charge in [-0.1, -0.05) is 22.0 Å². The Morgan fingerprint density at radius 3 is 2.85 bits per heavy atom. The first kappa shape index (κ1) is 13.2. The Morgan fingerprint density at radius 2 is 2.15 bits per heavy atom. The second-order valence-corrected chi connectivity index (χ2v) is 5.97. The molecule has 6 heteroatoms. The Kier molecular flexibility index (Phi) is 3.25. The minimum Gasteiger partial charge on any atom is -0.369 e. The average Bonchev–Trinajstić information content (AvgIpc) is 3.03. The molecule has 0 aliphatic carbocycles. The van der Waals surface area contributed by atoms with Gasteiger partial charge in [-0.15, -0.1) is 0 Å². The van der Waals surface area contributed by atoms with Crippen LogP contribution in [0.4, 0.5) is 0 Å². The van der Waals surface area contributed by atoms with E-state index >= 15 is 0 Å². The van der Waals surface area contributed by atoms with Gasteiger partial charge in [0.05, 0.1) is 5.92 Å². The molecular formula is C14H14BrN3O2. The Morgan fingerprint density at radius 1 is 1.35 bits per heavy atom. The minimum atomic E-state index is -0.333. The number of rotatable bonds is 2. The smallest absolute Gasteiger partial charge is 0.270 e. The fourth-order valence-electron chi connectivity index (χ4n) is 2.56. The van der Waals surface area contributed by atoms with E-state index in [1.165, 1.54) is 0 Å². The maximum atomic E-state index is 12.4. The number of hydrogen-bond acceptors (Lipinski definition) is 2. The van der Waals surface area contributed by atoms with Crippen LogP contribution in [0.15, 0.2) is 28.7 Å². The number of halogens is 1. The number of benzene rings is 1. The van der Waals surface area contributed by atoms with Gasteiger partial charge in [0.15, 0.2) is 0 Å². The van der Waals surface area contributed by atoms with E-state index in [9.17, 15) is 9.59 Å². The lowest BCUT2D eigenvalue weighted by Crippen LogP contribution is -2.31. The van der Waals surface area contributed by atoms with E-state index in [1.54, 1.807) is 4.90 Å². The average molecular weight is 336 g/mol. The first-order valence-corrected chi connectivity index (χ1v) is 7.21. The first-order valence-electron chi connectivity index (χ1n) is 6.41. The summed E-state index contributed by atoms with van der Waals surface area (Å²) in [7, 11) is 0. The van der Waals surface area contributed by atoms with Crippen molar-refractivity contribution in [3.05, 3.63) is 34.4 Å².